The second-order valence-corrected chi connectivity index (χ2v) is 7.28. The van der Waals surface area contributed by atoms with Crippen LogP contribution in [0.5, 0.6) is 0 Å². The van der Waals surface area contributed by atoms with Crippen LogP contribution in [0.15, 0.2) is 43.0 Å². The Balaban J connectivity index is 1.73. The molecule has 1 atom stereocenters. The second kappa shape index (κ2) is 5.52. The molecule has 2 aromatic rings. The van der Waals surface area contributed by atoms with Gasteiger partial charge in [0.15, 0.2) is 0 Å². The zero-order chi connectivity index (χ0) is 14.0. The lowest BCUT2D eigenvalue weighted by Crippen LogP contribution is -2.35. The summed E-state index contributed by atoms with van der Waals surface area (Å²) >= 11 is 2.05. The standard InChI is InChI=1S/C16H21N3S/c1-16(2)9-14(10-20-11-16)18-13-4-3-5-15(8-13)19-7-6-17-12-19/h3-8,12,14,18H,9-11H2,1-2H3. The fraction of sp³-hybridized carbons (Fsp3) is 0.438. The fourth-order valence-electron chi connectivity index (χ4n) is 2.76. The Kier molecular flexibility index (Phi) is 3.74. The van der Waals surface area contributed by atoms with E-state index in [4.69, 9.17) is 0 Å². The maximum absolute atomic E-state index is 4.10. The summed E-state index contributed by atoms with van der Waals surface area (Å²) in [7, 11) is 0. The van der Waals surface area contributed by atoms with Gasteiger partial charge in [-0.3, -0.25) is 0 Å². The number of imidazole rings is 1. The Morgan fingerprint density at radius 1 is 1.40 bits per heavy atom. The maximum atomic E-state index is 4.10. The molecular weight excluding hydrogens is 266 g/mol. The molecule has 4 heteroatoms. The third kappa shape index (κ3) is 3.18. The SMILES string of the molecule is CC1(C)CSCC(Nc2cccc(-n3ccnc3)c2)C1. The van der Waals surface area contributed by atoms with Crippen molar-refractivity contribution in [2.75, 3.05) is 16.8 Å². The van der Waals surface area contributed by atoms with Crippen LogP contribution in [0.2, 0.25) is 0 Å². The van der Waals surface area contributed by atoms with Gasteiger partial charge in [0.25, 0.3) is 0 Å². The van der Waals surface area contributed by atoms with Crippen LogP contribution in [0.1, 0.15) is 20.3 Å². The topological polar surface area (TPSA) is 29.9 Å². The lowest BCUT2D eigenvalue weighted by Gasteiger charge is -2.35. The smallest absolute Gasteiger partial charge is 0.0991 e. The summed E-state index contributed by atoms with van der Waals surface area (Å²) in [4.78, 5) is 4.10. The van der Waals surface area contributed by atoms with Gasteiger partial charge in [0.05, 0.1) is 6.33 Å². The van der Waals surface area contributed by atoms with Crippen molar-refractivity contribution in [3.63, 3.8) is 0 Å². The fourth-order valence-corrected chi connectivity index (χ4v) is 4.03. The zero-order valence-electron chi connectivity index (χ0n) is 12.0. The molecule has 3 rings (SSSR count). The predicted molar refractivity (Wildman–Crippen MR) is 86.7 cm³/mol. The average Bonchev–Trinajstić information content (AvgIpc) is 2.91. The first kappa shape index (κ1) is 13.6. The summed E-state index contributed by atoms with van der Waals surface area (Å²) in [5.41, 5.74) is 2.78. The normalized spacial score (nSPS) is 21.6. The van der Waals surface area contributed by atoms with E-state index >= 15 is 0 Å². The van der Waals surface area contributed by atoms with E-state index in [0.717, 1.165) is 5.69 Å². The molecule has 1 N–H and O–H groups in total. The van der Waals surface area contributed by atoms with Crippen LogP contribution >= 0.6 is 11.8 Å². The Morgan fingerprint density at radius 3 is 3.05 bits per heavy atom. The highest BCUT2D eigenvalue weighted by molar-refractivity contribution is 7.99. The molecule has 1 fully saturated rings. The van der Waals surface area contributed by atoms with Gasteiger partial charge in [0.1, 0.15) is 0 Å². The van der Waals surface area contributed by atoms with Crippen molar-refractivity contribution in [3.05, 3.63) is 43.0 Å². The van der Waals surface area contributed by atoms with E-state index in [2.05, 4.69) is 60.2 Å². The molecule has 20 heavy (non-hydrogen) atoms. The molecule has 0 spiro atoms. The van der Waals surface area contributed by atoms with Crippen molar-refractivity contribution in [2.45, 2.75) is 26.3 Å². The number of hydrogen-bond donors (Lipinski definition) is 1. The molecule has 1 aliphatic rings. The van der Waals surface area contributed by atoms with Crippen LogP contribution in [0, 0.1) is 5.41 Å². The number of anilines is 1. The van der Waals surface area contributed by atoms with E-state index in [1.165, 1.54) is 23.6 Å². The van der Waals surface area contributed by atoms with Crippen LogP contribution in [0.4, 0.5) is 5.69 Å². The Hall–Kier alpha value is -1.42. The first-order valence-corrected chi connectivity index (χ1v) is 8.21. The van der Waals surface area contributed by atoms with Crippen molar-refractivity contribution >= 4 is 17.4 Å². The monoisotopic (exact) mass is 287 g/mol. The second-order valence-electron chi connectivity index (χ2n) is 6.25. The van der Waals surface area contributed by atoms with Gasteiger partial charge in [-0.2, -0.15) is 11.8 Å². The van der Waals surface area contributed by atoms with Gasteiger partial charge < -0.3 is 9.88 Å². The van der Waals surface area contributed by atoms with Crippen LogP contribution in [0.3, 0.4) is 0 Å². The highest BCUT2D eigenvalue weighted by Gasteiger charge is 2.28. The highest BCUT2D eigenvalue weighted by atomic mass is 32.2. The summed E-state index contributed by atoms with van der Waals surface area (Å²) in [6, 6.07) is 9.09. The third-order valence-electron chi connectivity index (χ3n) is 3.63. The molecule has 0 amide bonds. The molecule has 1 aromatic heterocycles. The zero-order valence-corrected chi connectivity index (χ0v) is 12.9. The Morgan fingerprint density at radius 2 is 2.30 bits per heavy atom. The van der Waals surface area contributed by atoms with Crippen molar-refractivity contribution in [1.82, 2.24) is 9.55 Å². The number of aromatic nitrogens is 2. The molecule has 0 aliphatic carbocycles. The van der Waals surface area contributed by atoms with Gasteiger partial charge in [0, 0.05) is 35.6 Å². The minimum absolute atomic E-state index is 0.433. The maximum Gasteiger partial charge on any atom is 0.0991 e. The van der Waals surface area contributed by atoms with E-state index in [1.807, 2.05) is 17.1 Å². The number of nitrogens with one attached hydrogen (secondary N) is 1. The Labute approximate surface area is 124 Å². The first-order valence-electron chi connectivity index (χ1n) is 7.05. The molecule has 1 unspecified atom stereocenters. The van der Waals surface area contributed by atoms with E-state index < -0.39 is 0 Å². The number of benzene rings is 1. The number of hydrogen-bond acceptors (Lipinski definition) is 3. The molecule has 1 saturated heterocycles. The molecule has 0 radical (unpaired) electrons. The van der Waals surface area contributed by atoms with Crippen molar-refractivity contribution < 1.29 is 0 Å². The van der Waals surface area contributed by atoms with Gasteiger partial charge in [0.2, 0.25) is 0 Å². The summed E-state index contributed by atoms with van der Waals surface area (Å²) in [5.74, 6) is 2.46. The summed E-state index contributed by atoms with van der Waals surface area (Å²) < 4.78 is 2.03. The van der Waals surface area contributed by atoms with Crippen LogP contribution in [0.25, 0.3) is 5.69 Å². The average molecular weight is 287 g/mol. The van der Waals surface area contributed by atoms with Crippen LogP contribution in [-0.2, 0) is 0 Å². The van der Waals surface area contributed by atoms with Crippen molar-refractivity contribution in [3.8, 4) is 5.69 Å². The largest absolute Gasteiger partial charge is 0.381 e. The van der Waals surface area contributed by atoms with E-state index in [1.54, 1.807) is 6.20 Å². The molecule has 106 valence electrons. The molecule has 1 aliphatic heterocycles. The highest BCUT2D eigenvalue weighted by Crippen LogP contribution is 2.34. The van der Waals surface area contributed by atoms with Crippen LogP contribution < -0.4 is 5.32 Å². The number of nitrogens with zero attached hydrogens (tertiary/aromatic N) is 2. The lowest BCUT2D eigenvalue weighted by molar-refractivity contribution is 0.358. The van der Waals surface area contributed by atoms with Crippen molar-refractivity contribution in [1.29, 1.82) is 0 Å². The van der Waals surface area contributed by atoms with Crippen molar-refractivity contribution in [2.24, 2.45) is 5.41 Å². The minimum atomic E-state index is 0.433. The van der Waals surface area contributed by atoms with E-state index in [9.17, 15) is 0 Å². The van der Waals surface area contributed by atoms with Gasteiger partial charge in [-0.05, 0) is 35.8 Å². The van der Waals surface area contributed by atoms with Gasteiger partial charge in [-0.1, -0.05) is 19.9 Å². The minimum Gasteiger partial charge on any atom is -0.381 e. The molecule has 0 saturated carbocycles. The van der Waals surface area contributed by atoms with E-state index in [-0.39, 0.29) is 0 Å². The molecule has 3 nitrogen and oxygen atoms in total. The third-order valence-corrected chi connectivity index (χ3v) is 5.25. The summed E-state index contributed by atoms with van der Waals surface area (Å²) in [6.45, 7) is 4.71. The van der Waals surface area contributed by atoms with Gasteiger partial charge in [-0.25, -0.2) is 4.98 Å². The van der Waals surface area contributed by atoms with Gasteiger partial charge in [-0.15, -0.1) is 0 Å². The first-order chi connectivity index (χ1) is 9.62. The van der Waals surface area contributed by atoms with Crippen LogP contribution in [-0.4, -0.2) is 27.1 Å². The molecule has 2 heterocycles. The quantitative estimate of drug-likeness (QED) is 0.931. The molecule has 1 aromatic carbocycles. The molecular formula is C16H21N3S. The Bertz CT molecular complexity index is 563. The number of rotatable bonds is 3. The molecule has 0 bridgehead atoms. The summed E-state index contributed by atoms with van der Waals surface area (Å²) in [6.07, 6.45) is 6.84. The number of thioether (sulfide) groups is 1. The summed E-state index contributed by atoms with van der Waals surface area (Å²) in [5, 5.41) is 3.68. The van der Waals surface area contributed by atoms with E-state index in [0.29, 0.717) is 11.5 Å². The predicted octanol–water partition coefficient (Wildman–Crippen LogP) is 3.82. The lowest BCUT2D eigenvalue weighted by atomic mass is 9.88. The van der Waals surface area contributed by atoms with Gasteiger partial charge >= 0.3 is 0 Å².